The summed E-state index contributed by atoms with van der Waals surface area (Å²) in [6.07, 6.45) is -0.184. The van der Waals surface area contributed by atoms with Gasteiger partial charge in [-0.3, -0.25) is 4.90 Å². The lowest BCUT2D eigenvalue weighted by atomic mass is 10.1. The van der Waals surface area contributed by atoms with Gasteiger partial charge in [-0.05, 0) is 65.5 Å². The van der Waals surface area contributed by atoms with E-state index < -0.39 is 15.9 Å². The van der Waals surface area contributed by atoms with Crippen molar-refractivity contribution in [1.29, 1.82) is 0 Å². The van der Waals surface area contributed by atoms with E-state index in [1.165, 1.54) is 0 Å². The molecule has 1 aromatic heterocycles. The van der Waals surface area contributed by atoms with Gasteiger partial charge in [0.25, 0.3) is 0 Å². The predicted molar refractivity (Wildman–Crippen MR) is 111 cm³/mol. The number of nitrogens with zero attached hydrogens (tertiary/aromatic N) is 1. The predicted octanol–water partition coefficient (Wildman–Crippen LogP) is 3.09. The first-order valence-corrected chi connectivity index (χ1v) is 11.9. The number of halogens is 1. The molecule has 0 spiro atoms. The standard InChI is InChI=1S/C20H26BrNO5S/c1-14-4-3-5-19(15(14)2)26-12-17(23)10-22(11-18-6-7-20(21)27-18)16-8-9-28(24,25)13-16/h3-7,16-17,23H,8-13H2,1-2H3. The van der Waals surface area contributed by atoms with E-state index in [0.717, 1.165) is 22.6 Å². The summed E-state index contributed by atoms with van der Waals surface area (Å²) in [5, 5.41) is 10.6. The molecule has 154 valence electrons. The lowest BCUT2D eigenvalue weighted by Crippen LogP contribution is -2.42. The molecule has 2 atom stereocenters. The van der Waals surface area contributed by atoms with Crippen molar-refractivity contribution >= 4 is 25.8 Å². The first-order chi connectivity index (χ1) is 13.2. The fourth-order valence-electron chi connectivity index (χ4n) is 3.43. The van der Waals surface area contributed by atoms with Crippen LogP contribution in [0.3, 0.4) is 0 Å². The number of benzene rings is 1. The second kappa shape index (κ2) is 8.98. The molecule has 6 nitrogen and oxygen atoms in total. The van der Waals surface area contributed by atoms with Gasteiger partial charge in [0, 0.05) is 12.6 Å². The van der Waals surface area contributed by atoms with Crippen LogP contribution in [0.1, 0.15) is 23.3 Å². The van der Waals surface area contributed by atoms with E-state index in [2.05, 4.69) is 15.9 Å². The largest absolute Gasteiger partial charge is 0.491 e. The van der Waals surface area contributed by atoms with Crippen LogP contribution in [0.25, 0.3) is 0 Å². The van der Waals surface area contributed by atoms with Gasteiger partial charge in [-0.2, -0.15) is 0 Å². The van der Waals surface area contributed by atoms with Crippen molar-refractivity contribution in [3.63, 3.8) is 0 Å². The van der Waals surface area contributed by atoms with Crippen LogP contribution in [0, 0.1) is 13.8 Å². The fraction of sp³-hybridized carbons (Fsp3) is 0.500. The normalized spacial score (nSPS) is 19.8. The number of hydrogen-bond donors (Lipinski definition) is 1. The van der Waals surface area contributed by atoms with Crippen molar-refractivity contribution in [2.24, 2.45) is 0 Å². The third-order valence-corrected chi connectivity index (χ3v) is 7.32. The molecule has 0 radical (unpaired) electrons. The minimum absolute atomic E-state index is 0.111. The van der Waals surface area contributed by atoms with Gasteiger partial charge < -0.3 is 14.3 Å². The van der Waals surface area contributed by atoms with Crippen molar-refractivity contribution < 1.29 is 22.7 Å². The van der Waals surface area contributed by atoms with Crippen LogP contribution in [0.15, 0.2) is 39.4 Å². The third-order valence-electron chi connectivity index (χ3n) is 5.14. The number of rotatable bonds is 8. The average molecular weight is 472 g/mol. The third kappa shape index (κ3) is 5.59. The SMILES string of the molecule is Cc1cccc(OCC(O)CN(Cc2ccc(Br)o2)C2CCS(=O)(=O)C2)c1C. The highest BCUT2D eigenvalue weighted by molar-refractivity contribution is 9.10. The zero-order chi connectivity index (χ0) is 20.3. The van der Waals surface area contributed by atoms with Gasteiger partial charge in [-0.1, -0.05) is 12.1 Å². The van der Waals surface area contributed by atoms with Gasteiger partial charge >= 0.3 is 0 Å². The fourth-order valence-corrected chi connectivity index (χ4v) is 5.53. The number of aliphatic hydroxyl groups is 1. The van der Waals surface area contributed by atoms with Crippen LogP contribution >= 0.6 is 15.9 Å². The number of aliphatic hydroxyl groups excluding tert-OH is 1. The highest BCUT2D eigenvalue weighted by atomic mass is 79.9. The molecule has 1 N–H and O–H groups in total. The second-order valence-electron chi connectivity index (χ2n) is 7.35. The highest BCUT2D eigenvalue weighted by Crippen LogP contribution is 2.24. The van der Waals surface area contributed by atoms with Crippen molar-refractivity contribution in [2.45, 2.75) is 39.0 Å². The first kappa shape index (κ1) is 21.4. The molecule has 28 heavy (non-hydrogen) atoms. The molecule has 1 saturated heterocycles. The maximum Gasteiger partial charge on any atom is 0.169 e. The molecule has 1 aliphatic heterocycles. The molecular weight excluding hydrogens is 446 g/mol. The Bertz CT molecular complexity index is 911. The van der Waals surface area contributed by atoms with Gasteiger partial charge in [0.15, 0.2) is 14.5 Å². The second-order valence-corrected chi connectivity index (χ2v) is 10.4. The molecule has 0 bridgehead atoms. The molecular formula is C20H26BrNO5S. The number of furan rings is 1. The van der Waals surface area contributed by atoms with Crippen LogP contribution in [0.5, 0.6) is 5.75 Å². The van der Waals surface area contributed by atoms with Gasteiger partial charge in [-0.25, -0.2) is 8.42 Å². The molecule has 0 amide bonds. The molecule has 2 heterocycles. The zero-order valence-electron chi connectivity index (χ0n) is 16.1. The van der Waals surface area contributed by atoms with Crippen molar-refractivity contribution in [3.05, 3.63) is 51.9 Å². The van der Waals surface area contributed by atoms with E-state index in [4.69, 9.17) is 9.15 Å². The zero-order valence-corrected chi connectivity index (χ0v) is 18.5. The molecule has 3 rings (SSSR count). The maximum absolute atomic E-state index is 11.9. The van der Waals surface area contributed by atoms with E-state index in [-0.39, 0.29) is 24.2 Å². The van der Waals surface area contributed by atoms with Crippen LogP contribution < -0.4 is 4.74 Å². The summed E-state index contributed by atoms with van der Waals surface area (Å²) in [6.45, 7) is 4.89. The van der Waals surface area contributed by atoms with Crippen LogP contribution in [-0.2, 0) is 16.4 Å². The molecule has 2 unspecified atom stereocenters. The summed E-state index contributed by atoms with van der Waals surface area (Å²) >= 11 is 3.29. The highest BCUT2D eigenvalue weighted by Gasteiger charge is 2.33. The molecule has 1 aromatic carbocycles. The Balaban J connectivity index is 1.65. The number of hydrogen-bond acceptors (Lipinski definition) is 6. The quantitative estimate of drug-likeness (QED) is 0.636. The Morgan fingerprint density at radius 2 is 2.11 bits per heavy atom. The van der Waals surface area contributed by atoms with Crippen molar-refractivity contribution in [1.82, 2.24) is 4.90 Å². The summed E-state index contributed by atoms with van der Waals surface area (Å²) in [4.78, 5) is 1.98. The van der Waals surface area contributed by atoms with Crippen LogP contribution in [-0.4, -0.2) is 55.2 Å². The Morgan fingerprint density at radius 1 is 1.32 bits per heavy atom. The van der Waals surface area contributed by atoms with E-state index in [1.807, 2.05) is 43.0 Å². The summed E-state index contributed by atoms with van der Waals surface area (Å²) in [7, 11) is -3.02. The molecule has 8 heteroatoms. The summed E-state index contributed by atoms with van der Waals surface area (Å²) in [5.41, 5.74) is 2.18. The monoisotopic (exact) mass is 471 g/mol. The van der Waals surface area contributed by atoms with E-state index in [9.17, 15) is 13.5 Å². The van der Waals surface area contributed by atoms with E-state index in [0.29, 0.717) is 24.2 Å². The Morgan fingerprint density at radius 3 is 2.75 bits per heavy atom. The summed E-state index contributed by atoms with van der Waals surface area (Å²) < 4.78 is 35.9. The van der Waals surface area contributed by atoms with Gasteiger partial charge in [0.05, 0.1) is 18.1 Å². The Hall–Kier alpha value is -1.35. The minimum atomic E-state index is -3.02. The lowest BCUT2D eigenvalue weighted by molar-refractivity contribution is 0.0494. The summed E-state index contributed by atoms with van der Waals surface area (Å²) in [5.74, 6) is 1.77. The smallest absolute Gasteiger partial charge is 0.169 e. The lowest BCUT2D eigenvalue weighted by Gasteiger charge is -2.29. The van der Waals surface area contributed by atoms with Gasteiger partial charge in [0.2, 0.25) is 0 Å². The molecule has 1 aliphatic rings. The number of aryl methyl sites for hydroxylation is 1. The van der Waals surface area contributed by atoms with E-state index in [1.54, 1.807) is 6.07 Å². The Kier molecular flexibility index (Phi) is 6.85. The van der Waals surface area contributed by atoms with Crippen LogP contribution in [0.2, 0.25) is 0 Å². The maximum atomic E-state index is 11.9. The summed E-state index contributed by atoms with van der Waals surface area (Å²) in [6, 6.07) is 9.34. The molecule has 0 aliphatic carbocycles. The molecule has 0 saturated carbocycles. The molecule has 1 fully saturated rings. The number of ether oxygens (including phenoxy) is 1. The molecule has 2 aromatic rings. The number of sulfone groups is 1. The first-order valence-electron chi connectivity index (χ1n) is 9.29. The topological polar surface area (TPSA) is 80.0 Å². The van der Waals surface area contributed by atoms with E-state index >= 15 is 0 Å². The minimum Gasteiger partial charge on any atom is -0.491 e. The van der Waals surface area contributed by atoms with Crippen molar-refractivity contribution in [3.8, 4) is 5.75 Å². The van der Waals surface area contributed by atoms with Gasteiger partial charge in [0.1, 0.15) is 24.2 Å². The Labute approximate surface area is 174 Å². The average Bonchev–Trinajstić information content (AvgIpc) is 3.20. The van der Waals surface area contributed by atoms with Gasteiger partial charge in [-0.15, -0.1) is 0 Å². The van der Waals surface area contributed by atoms with Crippen molar-refractivity contribution in [2.75, 3.05) is 24.7 Å². The van der Waals surface area contributed by atoms with Crippen LogP contribution in [0.4, 0.5) is 0 Å².